The first-order chi connectivity index (χ1) is 11.7. The molecule has 0 saturated heterocycles. The largest absolute Gasteiger partial charge is 0.493 e. The average Bonchev–Trinajstić information content (AvgIpc) is 2.75. The van der Waals surface area contributed by atoms with E-state index in [-0.39, 0.29) is 11.9 Å². The number of rotatable bonds is 2. The first-order valence-corrected chi connectivity index (χ1v) is 8.19. The Kier molecular flexibility index (Phi) is 3.65. The van der Waals surface area contributed by atoms with Crippen LogP contribution in [0.3, 0.4) is 0 Å². The van der Waals surface area contributed by atoms with Crippen molar-refractivity contribution in [3.63, 3.8) is 0 Å². The van der Waals surface area contributed by atoms with Crippen LogP contribution in [0.2, 0.25) is 0 Å². The third-order valence-electron chi connectivity index (χ3n) is 5.01. The minimum absolute atomic E-state index is 0.0730. The van der Waals surface area contributed by atoms with Crippen molar-refractivity contribution in [3.05, 3.63) is 53.1 Å². The monoisotopic (exact) mass is 325 g/mol. The number of methoxy groups -OCH3 is 2. The molecule has 24 heavy (non-hydrogen) atoms. The molecule has 2 N–H and O–H groups in total. The highest BCUT2D eigenvalue weighted by Gasteiger charge is 2.38. The standard InChI is InChI=1S/C19H20N2O3/c1-23-16-9-12-7-8-21-11-18(22)20-15-6-4-3-5-13(15)19(21)14(12)10-17(16)24-2/h3-6,9-10,19H,7-8,11H2,1-2H3,(H,20,22)/p+1/t19-/m0/s1. The fraction of sp³-hybridized carbons (Fsp3) is 0.316. The minimum Gasteiger partial charge on any atom is -0.493 e. The molecule has 0 saturated carbocycles. The number of ether oxygens (including phenoxy) is 2. The van der Waals surface area contributed by atoms with Crippen LogP contribution in [0.1, 0.15) is 22.7 Å². The number of hydrogen-bond acceptors (Lipinski definition) is 3. The summed E-state index contributed by atoms with van der Waals surface area (Å²) in [5.41, 5.74) is 4.56. The first-order valence-electron chi connectivity index (χ1n) is 8.19. The molecule has 2 heterocycles. The average molecular weight is 325 g/mol. The summed E-state index contributed by atoms with van der Waals surface area (Å²) in [5.74, 6) is 1.57. The molecule has 0 bridgehead atoms. The van der Waals surface area contributed by atoms with E-state index in [4.69, 9.17) is 9.47 Å². The van der Waals surface area contributed by atoms with Crippen LogP contribution in [0.5, 0.6) is 11.5 Å². The number of amides is 1. The van der Waals surface area contributed by atoms with Crippen LogP contribution in [0.25, 0.3) is 0 Å². The van der Waals surface area contributed by atoms with Gasteiger partial charge in [0.1, 0.15) is 6.04 Å². The zero-order chi connectivity index (χ0) is 16.7. The number of carbonyl (C=O) groups is 1. The van der Waals surface area contributed by atoms with Crippen molar-refractivity contribution in [3.8, 4) is 11.5 Å². The van der Waals surface area contributed by atoms with Crippen molar-refractivity contribution in [2.24, 2.45) is 0 Å². The maximum Gasteiger partial charge on any atom is 0.279 e. The molecular formula is C19H21N2O3+. The summed E-state index contributed by atoms with van der Waals surface area (Å²) in [6, 6.07) is 12.4. The lowest BCUT2D eigenvalue weighted by molar-refractivity contribution is -0.919. The highest BCUT2D eigenvalue weighted by Crippen LogP contribution is 2.38. The Morgan fingerprint density at radius 2 is 1.83 bits per heavy atom. The van der Waals surface area contributed by atoms with Gasteiger partial charge in [-0.3, -0.25) is 4.79 Å². The summed E-state index contributed by atoms with van der Waals surface area (Å²) in [6.07, 6.45) is 0.928. The smallest absolute Gasteiger partial charge is 0.279 e. The summed E-state index contributed by atoms with van der Waals surface area (Å²) >= 11 is 0. The zero-order valence-corrected chi connectivity index (χ0v) is 13.9. The number of hydrogen-bond donors (Lipinski definition) is 2. The van der Waals surface area contributed by atoms with E-state index in [1.807, 2.05) is 18.2 Å². The van der Waals surface area contributed by atoms with Crippen LogP contribution >= 0.6 is 0 Å². The van der Waals surface area contributed by atoms with Gasteiger partial charge in [-0.15, -0.1) is 0 Å². The van der Waals surface area contributed by atoms with Gasteiger partial charge in [-0.05, 0) is 23.8 Å². The van der Waals surface area contributed by atoms with Gasteiger partial charge in [0.2, 0.25) is 0 Å². The first kappa shape index (κ1) is 15.0. The van der Waals surface area contributed by atoms with Gasteiger partial charge in [0.15, 0.2) is 18.0 Å². The SMILES string of the molecule is COc1cc2c(cc1OC)[C@@H]1c3ccccc3NC(=O)C[NH+]1CC2. The Morgan fingerprint density at radius 3 is 2.62 bits per heavy atom. The van der Waals surface area contributed by atoms with Gasteiger partial charge in [0, 0.05) is 17.5 Å². The number of benzene rings is 2. The molecular weight excluding hydrogens is 304 g/mol. The molecule has 2 atom stereocenters. The Bertz CT molecular complexity index is 803. The second-order valence-corrected chi connectivity index (χ2v) is 6.31. The lowest BCUT2D eigenvalue weighted by Crippen LogP contribution is -3.14. The van der Waals surface area contributed by atoms with Crippen molar-refractivity contribution < 1.29 is 19.2 Å². The lowest BCUT2D eigenvalue weighted by atomic mass is 9.87. The van der Waals surface area contributed by atoms with E-state index < -0.39 is 0 Å². The predicted molar refractivity (Wildman–Crippen MR) is 90.9 cm³/mol. The van der Waals surface area contributed by atoms with Gasteiger partial charge in [-0.1, -0.05) is 18.2 Å². The highest BCUT2D eigenvalue weighted by molar-refractivity contribution is 5.93. The normalized spacial score (nSPS) is 21.7. The molecule has 0 aromatic heterocycles. The number of carbonyl (C=O) groups excluding carboxylic acids is 1. The van der Waals surface area contributed by atoms with Crippen molar-refractivity contribution in [2.45, 2.75) is 12.5 Å². The number of nitrogens with one attached hydrogen (secondary N) is 2. The van der Waals surface area contributed by atoms with Crippen LogP contribution in [0, 0.1) is 0 Å². The van der Waals surface area contributed by atoms with Gasteiger partial charge >= 0.3 is 0 Å². The molecule has 124 valence electrons. The molecule has 0 fully saturated rings. The summed E-state index contributed by atoms with van der Waals surface area (Å²) in [7, 11) is 3.32. The number of para-hydroxylation sites is 1. The molecule has 1 unspecified atom stereocenters. The Balaban J connectivity index is 1.91. The molecule has 2 aromatic carbocycles. The fourth-order valence-corrected chi connectivity index (χ4v) is 3.92. The topological polar surface area (TPSA) is 52.0 Å². The molecule has 4 rings (SSSR count). The molecule has 0 spiro atoms. The Morgan fingerprint density at radius 1 is 1.08 bits per heavy atom. The molecule has 2 aliphatic heterocycles. The second kappa shape index (κ2) is 5.83. The third-order valence-corrected chi connectivity index (χ3v) is 5.01. The fourth-order valence-electron chi connectivity index (χ4n) is 3.92. The van der Waals surface area contributed by atoms with Crippen molar-refractivity contribution in [2.75, 3.05) is 32.6 Å². The van der Waals surface area contributed by atoms with Crippen molar-refractivity contribution >= 4 is 11.6 Å². The van der Waals surface area contributed by atoms with E-state index in [2.05, 4.69) is 23.5 Å². The van der Waals surface area contributed by atoms with Crippen LogP contribution in [-0.2, 0) is 11.2 Å². The molecule has 2 aromatic rings. The van der Waals surface area contributed by atoms with Gasteiger partial charge in [0.05, 0.1) is 26.5 Å². The number of quaternary nitrogens is 1. The quantitative estimate of drug-likeness (QED) is 0.872. The van der Waals surface area contributed by atoms with Crippen LogP contribution in [-0.4, -0.2) is 33.2 Å². The van der Waals surface area contributed by atoms with E-state index in [0.29, 0.717) is 6.54 Å². The van der Waals surface area contributed by atoms with E-state index >= 15 is 0 Å². The van der Waals surface area contributed by atoms with Gasteiger partial charge in [-0.2, -0.15) is 0 Å². The second-order valence-electron chi connectivity index (χ2n) is 6.31. The van der Waals surface area contributed by atoms with Gasteiger partial charge in [0.25, 0.3) is 5.91 Å². The third kappa shape index (κ3) is 2.32. The van der Waals surface area contributed by atoms with Gasteiger partial charge < -0.3 is 19.7 Å². The summed E-state index contributed by atoms with van der Waals surface area (Å²) in [6.45, 7) is 1.40. The summed E-state index contributed by atoms with van der Waals surface area (Å²) < 4.78 is 11.0. The Hall–Kier alpha value is -2.53. The lowest BCUT2D eigenvalue weighted by Gasteiger charge is -2.33. The van der Waals surface area contributed by atoms with E-state index in [0.717, 1.165) is 35.7 Å². The van der Waals surface area contributed by atoms with E-state index in [9.17, 15) is 4.79 Å². The van der Waals surface area contributed by atoms with E-state index in [1.165, 1.54) is 16.0 Å². The molecule has 0 radical (unpaired) electrons. The molecule has 5 nitrogen and oxygen atoms in total. The minimum atomic E-state index is 0.0730. The Labute approximate surface area is 141 Å². The van der Waals surface area contributed by atoms with Crippen LogP contribution in [0.15, 0.2) is 36.4 Å². The molecule has 0 aliphatic carbocycles. The number of anilines is 1. The summed E-state index contributed by atoms with van der Waals surface area (Å²) in [4.78, 5) is 13.5. The van der Waals surface area contributed by atoms with Crippen molar-refractivity contribution in [1.29, 1.82) is 0 Å². The van der Waals surface area contributed by atoms with Gasteiger partial charge in [-0.25, -0.2) is 0 Å². The molecule has 2 aliphatic rings. The van der Waals surface area contributed by atoms with Crippen molar-refractivity contribution in [1.82, 2.24) is 0 Å². The highest BCUT2D eigenvalue weighted by atomic mass is 16.5. The maximum atomic E-state index is 12.3. The maximum absolute atomic E-state index is 12.3. The van der Waals surface area contributed by atoms with Crippen LogP contribution < -0.4 is 19.7 Å². The number of fused-ring (bicyclic) bond motifs is 5. The van der Waals surface area contributed by atoms with Crippen LogP contribution in [0.4, 0.5) is 5.69 Å². The van der Waals surface area contributed by atoms with E-state index in [1.54, 1.807) is 14.2 Å². The predicted octanol–water partition coefficient (Wildman–Crippen LogP) is 1.19. The molecule has 5 heteroatoms. The summed E-state index contributed by atoms with van der Waals surface area (Å²) in [5, 5.41) is 3.05. The molecule has 1 amide bonds. The zero-order valence-electron chi connectivity index (χ0n) is 13.9.